The van der Waals surface area contributed by atoms with Gasteiger partial charge in [-0.2, -0.15) is 0 Å². The van der Waals surface area contributed by atoms with E-state index in [9.17, 15) is 4.79 Å². The Morgan fingerprint density at radius 2 is 1.71 bits per heavy atom. The van der Waals surface area contributed by atoms with Crippen LogP contribution in [0.25, 0.3) is 0 Å². The van der Waals surface area contributed by atoms with Crippen molar-refractivity contribution in [1.29, 1.82) is 0 Å². The van der Waals surface area contributed by atoms with Gasteiger partial charge in [0.05, 0.1) is 0 Å². The average molecular weight is 288 g/mol. The highest BCUT2D eigenvalue weighted by atomic mass is 16.1. The van der Waals surface area contributed by atoms with Gasteiger partial charge in [-0.3, -0.25) is 4.79 Å². The minimum Gasteiger partial charge on any atom is -0.370 e. The highest BCUT2D eigenvalue weighted by Crippen LogP contribution is 2.47. The lowest BCUT2D eigenvalue weighted by atomic mass is 9.75. The lowest BCUT2D eigenvalue weighted by Crippen LogP contribution is -2.30. The lowest BCUT2D eigenvalue weighted by Gasteiger charge is -2.32. The lowest BCUT2D eigenvalue weighted by molar-refractivity contribution is -0.120. The predicted octanol–water partition coefficient (Wildman–Crippen LogP) is 3.44. The van der Waals surface area contributed by atoms with Crippen LogP contribution < -0.4 is 11.5 Å². The van der Waals surface area contributed by atoms with Gasteiger partial charge in [-0.25, -0.2) is 0 Å². The number of nitrogens with two attached hydrogens (primary N) is 2. The van der Waals surface area contributed by atoms with Crippen molar-refractivity contribution in [2.24, 2.45) is 16.9 Å². The Labute approximate surface area is 128 Å². The van der Waals surface area contributed by atoms with Crippen LogP contribution in [0.5, 0.6) is 0 Å². The molecule has 1 aromatic carbocycles. The highest BCUT2D eigenvalue weighted by molar-refractivity contribution is 5.74. The van der Waals surface area contributed by atoms with Gasteiger partial charge in [0.15, 0.2) is 0 Å². The molecule has 0 aliphatic heterocycles. The maximum absolute atomic E-state index is 11.4. The van der Waals surface area contributed by atoms with Crippen LogP contribution in [0.4, 0.5) is 0 Å². The molecule has 0 saturated heterocycles. The normalized spacial score (nSPS) is 18.7. The zero-order valence-electron chi connectivity index (χ0n) is 13.5. The largest absolute Gasteiger partial charge is 0.370 e. The zero-order valence-corrected chi connectivity index (χ0v) is 13.5. The van der Waals surface area contributed by atoms with Gasteiger partial charge in [-0.05, 0) is 62.1 Å². The summed E-state index contributed by atoms with van der Waals surface area (Å²) in [6, 6.07) is 4.37. The SMILES string of the molecule is Cc1cc(C)c(C(N)CC2(CC(N)=O)CCCC2)c(C)c1. The minimum atomic E-state index is -0.193. The van der Waals surface area contributed by atoms with Crippen molar-refractivity contribution < 1.29 is 4.79 Å². The van der Waals surface area contributed by atoms with Crippen LogP contribution in [-0.2, 0) is 4.79 Å². The molecule has 4 N–H and O–H groups in total. The monoisotopic (exact) mass is 288 g/mol. The number of benzene rings is 1. The maximum Gasteiger partial charge on any atom is 0.217 e. The molecule has 0 radical (unpaired) electrons. The summed E-state index contributed by atoms with van der Waals surface area (Å²) in [5.74, 6) is -0.193. The van der Waals surface area contributed by atoms with Gasteiger partial charge in [0, 0.05) is 12.5 Å². The number of aryl methyl sites for hydroxylation is 3. The molecule has 3 heteroatoms. The Morgan fingerprint density at radius 3 is 2.19 bits per heavy atom. The molecule has 1 unspecified atom stereocenters. The Kier molecular flexibility index (Phi) is 4.72. The number of rotatable bonds is 5. The first-order valence-electron chi connectivity index (χ1n) is 7.95. The maximum atomic E-state index is 11.4. The second-order valence-corrected chi connectivity index (χ2v) is 6.97. The van der Waals surface area contributed by atoms with Crippen molar-refractivity contribution in [3.05, 3.63) is 34.4 Å². The molecule has 1 atom stereocenters. The van der Waals surface area contributed by atoms with Gasteiger partial charge in [-0.1, -0.05) is 30.5 Å². The third kappa shape index (κ3) is 3.65. The van der Waals surface area contributed by atoms with Crippen molar-refractivity contribution in [2.45, 2.75) is 65.3 Å². The van der Waals surface area contributed by atoms with E-state index in [1.54, 1.807) is 0 Å². The average Bonchev–Trinajstić information content (AvgIpc) is 2.74. The first kappa shape index (κ1) is 16.0. The second-order valence-electron chi connectivity index (χ2n) is 6.97. The number of carbonyl (C=O) groups excluding carboxylic acids is 1. The van der Waals surface area contributed by atoms with Gasteiger partial charge >= 0.3 is 0 Å². The molecule has 0 aromatic heterocycles. The number of primary amides is 1. The molecule has 116 valence electrons. The molecule has 3 nitrogen and oxygen atoms in total. The molecule has 1 aromatic rings. The van der Waals surface area contributed by atoms with Crippen LogP contribution >= 0.6 is 0 Å². The van der Waals surface area contributed by atoms with E-state index in [0.29, 0.717) is 6.42 Å². The van der Waals surface area contributed by atoms with Crippen molar-refractivity contribution in [1.82, 2.24) is 0 Å². The molecule has 1 fully saturated rings. The van der Waals surface area contributed by atoms with Crippen molar-refractivity contribution in [3.8, 4) is 0 Å². The second kappa shape index (κ2) is 6.18. The smallest absolute Gasteiger partial charge is 0.217 e. The van der Waals surface area contributed by atoms with Crippen LogP contribution in [0.3, 0.4) is 0 Å². The van der Waals surface area contributed by atoms with Crippen LogP contribution in [0.1, 0.15) is 66.8 Å². The fourth-order valence-electron chi connectivity index (χ4n) is 4.29. The Morgan fingerprint density at radius 1 is 1.19 bits per heavy atom. The molecular formula is C18H28N2O. The van der Waals surface area contributed by atoms with Crippen molar-refractivity contribution >= 4 is 5.91 Å². The molecule has 1 amide bonds. The number of hydrogen-bond acceptors (Lipinski definition) is 2. The van der Waals surface area contributed by atoms with Gasteiger partial charge in [0.2, 0.25) is 5.91 Å². The molecule has 1 aliphatic rings. The molecule has 0 bridgehead atoms. The topological polar surface area (TPSA) is 69.1 Å². The van der Waals surface area contributed by atoms with Crippen molar-refractivity contribution in [3.63, 3.8) is 0 Å². The third-order valence-corrected chi connectivity index (χ3v) is 4.98. The van der Waals surface area contributed by atoms with Crippen LogP contribution in [0.2, 0.25) is 0 Å². The van der Waals surface area contributed by atoms with E-state index in [1.165, 1.54) is 35.1 Å². The summed E-state index contributed by atoms with van der Waals surface area (Å²) in [4.78, 5) is 11.4. The predicted molar refractivity (Wildman–Crippen MR) is 86.9 cm³/mol. The van der Waals surface area contributed by atoms with Gasteiger partial charge in [-0.15, -0.1) is 0 Å². The zero-order chi connectivity index (χ0) is 15.6. The number of hydrogen-bond donors (Lipinski definition) is 2. The third-order valence-electron chi connectivity index (χ3n) is 4.98. The van der Waals surface area contributed by atoms with E-state index in [2.05, 4.69) is 32.9 Å². The summed E-state index contributed by atoms with van der Waals surface area (Å²) in [5, 5.41) is 0. The standard InChI is InChI=1S/C18H28N2O/c1-12-8-13(2)17(14(3)9-12)15(19)10-18(11-16(20)21)6-4-5-7-18/h8-9,15H,4-7,10-11,19H2,1-3H3,(H2,20,21). The summed E-state index contributed by atoms with van der Waals surface area (Å²) < 4.78 is 0. The van der Waals surface area contributed by atoms with E-state index < -0.39 is 0 Å². The van der Waals surface area contributed by atoms with Gasteiger partial charge in [0.1, 0.15) is 0 Å². The van der Waals surface area contributed by atoms with Crippen LogP contribution in [0, 0.1) is 26.2 Å². The highest BCUT2D eigenvalue weighted by Gasteiger charge is 2.37. The first-order chi connectivity index (χ1) is 9.83. The van der Waals surface area contributed by atoms with Gasteiger partial charge < -0.3 is 11.5 Å². The minimum absolute atomic E-state index is 0.0111. The van der Waals surface area contributed by atoms with Crippen LogP contribution in [0.15, 0.2) is 12.1 Å². The number of carbonyl (C=O) groups is 1. The molecule has 0 heterocycles. The fourth-order valence-corrected chi connectivity index (χ4v) is 4.29. The van der Waals surface area contributed by atoms with E-state index in [4.69, 9.17) is 11.5 Å². The Balaban J connectivity index is 2.23. The summed E-state index contributed by atoms with van der Waals surface area (Å²) in [7, 11) is 0. The molecule has 21 heavy (non-hydrogen) atoms. The quantitative estimate of drug-likeness (QED) is 0.871. The van der Waals surface area contributed by atoms with E-state index in [1.807, 2.05) is 0 Å². The summed E-state index contributed by atoms with van der Waals surface area (Å²) >= 11 is 0. The molecule has 1 saturated carbocycles. The fraction of sp³-hybridized carbons (Fsp3) is 0.611. The van der Waals surface area contributed by atoms with E-state index in [0.717, 1.165) is 19.3 Å². The Hall–Kier alpha value is -1.35. The Bertz CT molecular complexity index is 507. The summed E-state index contributed by atoms with van der Waals surface area (Å²) in [6.07, 6.45) is 5.87. The summed E-state index contributed by atoms with van der Waals surface area (Å²) in [5.41, 5.74) is 17.1. The van der Waals surface area contributed by atoms with Crippen molar-refractivity contribution in [2.75, 3.05) is 0 Å². The first-order valence-corrected chi connectivity index (χ1v) is 7.95. The van der Waals surface area contributed by atoms with E-state index >= 15 is 0 Å². The molecule has 2 rings (SSSR count). The van der Waals surface area contributed by atoms with Crippen LogP contribution in [-0.4, -0.2) is 5.91 Å². The molecule has 0 spiro atoms. The number of amides is 1. The van der Waals surface area contributed by atoms with Gasteiger partial charge in [0.25, 0.3) is 0 Å². The molecule has 1 aliphatic carbocycles. The van der Waals surface area contributed by atoms with E-state index in [-0.39, 0.29) is 17.4 Å². The summed E-state index contributed by atoms with van der Waals surface area (Å²) in [6.45, 7) is 6.37. The molecular weight excluding hydrogens is 260 g/mol.